The molecule has 5 heteroatoms. The minimum absolute atomic E-state index is 0.0853. The third kappa shape index (κ3) is 5.60. The Morgan fingerprint density at radius 3 is 2.61 bits per heavy atom. The summed E-state index contributed by atoms with van der Waals surface area (Å²) in [7, 11) is 11.8. The number of carbonyl (C=O) groups excluding carboxylic acids is 1. The molecule has 2 nitrogen and oxygen atoms in total. The van der Waals surface area contributed by atoms with Crippen molar-refractivity contribution in [2.75, 3.05) is 0 Å². The van der Waals surface area contributed by atoms with Crippen molar-refractivity contribution in [2.45, 2.75) is 33.3 Å². The summed E-state index contributed by atoms with van der Waals surface area (Å²) >= 11 is -1.91. The molecule has 0 spiro atoms. The van der Waals surface area contributed by atoms with E-state index in [0.717, 1.165) is 16.9 Å². The zero-order valence-electron chi connectivity index (χ0n) is 10.5. The fourth-order valence-corrected chi connectivity index (χ4v) is 3.30. The second kappa shape index (κ2) is 7.38. The van der Waals surface area contributed by atoms with Gasteiger partial charge in [-0.2, -0.15) is 0 Å². The van der Waals surface area contributed by atoms with Crippen LogP contribution in [-0.4, -0.2) is 16.5 Å². The van der Waals surface area contributed by atoms with Gasteiger partial charge in [-0.1, -0.05) is 0 Å². The Bertz CT molecular complexity index is 466. The number of hydrogen-bond acceptors (Lipinski definition) is 2. The molecule has 0 radical (unpaired) electrons. The number of hydrogen-bond donors (Lipinski definition) is 0. The van der Waals surface area contributed by atoms with Gasteiger partial charge >= 0.3 is 121 Å². The Morgan fingerprint density at radius 1 is 1.44 bits per heavy atom. The number of ketones is 1. The predicted molar refractivity (Wildman–Crippen MR) is 73.5 cm³/mol. The molecule has 1 aromatic rings. The van der Waals surface area contributed by atoms with Crippen LogP contribution in [0.3, 0.4) is 0 Å². The Balaban J connectivity index is 3.11. The van der Waals surface area contributed by atoms with Crippen LogP contribution in [0.5, 0.6) is 5.75 Å². The Hall–Kier alpha value is -0.237. The van der Waals surface area contributed by atoms with E-state index in [4.69, 9.17) is 24.1 Å². The standard InChI is InChI=1S/C13H16O2.2ClH.Ru/c1-9(2)15-13-6-5-12(7-10(13)3)8-11(4)14;;;/h3,5-7,9H,8H2,1-2,4H3;2*1H;/q;;;+2/p-2. The monoisotopic (exact) mass is 376 g/mol. The Morgan fingerprint density at radius 2 is 2.11 bits per heavy atom. The first-order valence-electron chi connectivity index (χ1n) is 5.50. The number of rotatable bonds is 5. The first kappa shape index (κ1) is 15.8. The first-order chi connectivity index (χ1) is 8.38. The summed E-state index contributed by atoms with van der Waals surface area (Å²) in [6, 6.07) is 5.69. The zero-order chi connectivity index (χ0) is 13.7. The molecule has 0 atom stereocenters. The van der Waals surface area contributed by atoms with Gasteiger partial charge in [-0.15, -0.1) is 0 Å². The van der Waals surface area contributed by atoms with E-state index < -0.39 is 13.5 Å². The number of carbonyl (C=O) groups is 1. The number of ether oxygens (including phenoxy) is 1. The van der Waals surface area contributed by atoms with Gasteiger partial charge in [0.15, 0.2) is 0 Å². The molecule has 0 aliphatic carbocycles. The average molecular weight is 376 g/mol. The van der Waals surface area contributed by atoms with Crippen molar-refractivity contribution in [2.24, 2.45) is 0 Å². The summed E-state index contributed by atoms with van der Waals surface area (Å²) in [6.07, 6.45) is 0.502. The van der Waals surface area contributed by atoms with Gasteiger partial charge in [-0.3, -0.25) is 0 Å². The van der Waals surface area contributed by atoms with E-state index in [1.54, 1.807) is 6.92 Å². The molecule has 1 aromatic carbocycles. The van der Waals surface area contributed by atoms with E-state index in [1.807, 2.05) is 36.7 Å². The van der Waals surface area contributed by atoms with Crippen molar-refractivity contribution in [3.05, 3.63) is 29.3 Å². The topological polar surface area (TPSA) is 26.3 Å². The zero-order valence-corrected chi connectivity index (χ0v) is 13.8. The molecule has 18 heavy (non-hydrogen) atoms. The van der Waals surface area contributed by atoms with Gasteiger partial charge < -0.3 is 0 Å². The first-order valence-corrected chi connectivity index (χ1v) is 11.0. The van der Waals surface area contributed by atoms with Crippen LogP contribution in [0, 0.1) is 0 Å². The van der Waals surface area contributed by atoms with E-state index in [-0.39, 0.29) is 11.9 Å². The fourth-order valence-electron chi connectivity index (χ4n) is 1.52. The molecule has 0 heterocycles. The predicted octanol–water partition coefficient (Wildman–Crippen LogP) is 3.68. The van der Waals surface area contributed by atoms with E-state index in [0.29, 0.717) is 6.42 Å². The molecule has 0 saturated carbocycles. The number of benzene rings is 1. The molecular weight excluding hydrogens is 360 g/mol. The average Bonchev–Trinajstić information content (AvgIpc) is 2.19. The van der Waals surface area contributed by atoms with Gasteiger partial charge in [0.1, 0.15) is 0 Å². The van der Waals surface area contributed by atoms with Crippen molar-refractivity contribution < 1.29 is 23.0 Å². The summed E-state index contributed by atoms with van der Waals surface area (Å²) in [6.45, 7) is 5.50. The summed E-state index contributed by atoms with van der Waals surface area (Å²) in [5, 5.41) is 0. The van der Waals surface area contributed by atoms with Crippen LogP contribution in [0.15, 0.2) is 18.2 Å². The maximum atomic E-state index is 11.1. The molecule has 0 fully saturated rings. The quantitative estimate of drug-likeness (QED) is 0.733. The normalized spacial score (nSPS) is 11.3. The molecule has 0 N–H and O–H groups in total. The van der Waals surface area contributed by atoms with Crippen LogP contribution in [0.1, 0.15) is 31.9 Å². The van der Waals surface area contributed by atoms with Crippen LogP contribution < -0.4 is 4.74 Å². The van der Waals surface area contributed by atoms with Gasteiger partial charge in [0, 0.05) is 0 Å². The number of halogens is 2. The molecule has 0 unspecified atom stereocenters. The van der Waals surface area contributed by atoms with Crippen LogP contribution >= 0.6 is 19.4 Å². The fraction of sp³-hybridized carbons (Fsp3) is 0.385. The van der Waals surface area contributed by atoms with Gasteiger partial charge in [0.2, 0.25) is 0 Å². The summed E-state index contributed by atoms with van der Waals surface area (Å²) in [5.74, 6) is 0.890. The van der Waals surface area contributed by atoms with Crippen LogP contribution in [-0.2, 0) is 24.7 Å². The second-order valence-corrected chi connectivity index (χ2v) is 9.95. The van der Waals surface area contributed by atoms with Crippen molar-refractivity contribution in [1.82, 2.24) is 0 Å². The third-order valence-corrected chi connectivity index (χ3v) is 3.91. The summed E-state index contributed by atoms with van der Waals surface area (Å²) < 4.78 is 7.54. The van der Waals surface area contributed by atoms with Gasteiger partial charge in [-0.05, 0) is 0 Å². The molecule has 0 amide bonds. The van der Waals surface area contributed by atoms with Crippen molar-refractivity contribution in [3.8, 4) is 5.75 Å². The Labute approximate surface area is 121 Å². The molecule has 0 aromatic heterocycles. The molecule has 0 aliphatic rings. The molecule has 0 bridgehead atoms. The molecular formula is C13H16Cl2O2Ru. The van der Waals surface area contributed by atoms with Crippen molar-refractivity contribution >= 4 is 29.8 Å². The van der Waals surface area contributed by atoms with E-state index >= 15 is 0 Å². The Kier molecular flexibility index (Phi) is 6.48. The van der Waals surface area contributed by atoms with Crippen LogP contribution in [0.2, 0.25) is 0 Å². The van der Waals surface area contributed by atoms with Gasteiger partial charge in [0.25, 0.3) is 0 Å². The minimum atomic E-state index is -1.91. The van der Waals surface area contributed by atoms with E-state index in [2.05, 4.69) is 0 Å². The number of Topliss-reactive ketones (excluding diaryl/α,β-unsaturated/α-hetero) is 1. The van der Waals surface area contributed by atoms with Gasteiger partial charge in [0.05, 0.1) is 0 Å². The molecule has 102 valence electrons. The van der Waals surface area contributed by atoms with E-state index in [9.17, 15) is 4.79 Å². The molecule has 0 saturated heterocycles. The summed E-state index contributed by atoms with van der Waals surface area (Å²) in [5.41, 5.74) is 1.83. The van der Waals surface area contributed by atoms with Gasteiger partial charge in [-0.25, -0.2) is 0 Å². The molecule has 1 rings (SSSR count). The van der Waals surface area contributed by atoms with Crippen LogP contribution in [0.25, 0.3) is 0 Å². The third-order valence-electron chi connectivity index (χ3n) is 2.08. The summed E-state index contributed by atoms with van der Waals surface area (Å²) in [4.78, 5) is 11.1. The van der Waals surface area contributed by atoms with Crippen LogP contribution in [0.4, 0.5) is 0 Å². The maximum absolute atomic E-state index is 11.1. The van der Waals surface area contributed by atoms with E-state index in [1.165, 1.54) is 0 Å². The SMILES string of the molecule is CC(=O)Cc1ccc(OC(C)C)c([CH]=[Ru]([Cl])[Cl])c1. The molecule has 0 aliphatic heterocycles. The second-order valence-electron chi connectivity index (χ2n) is 4.22. The van der Waals surface area contributed by atoms with Crippen molar-refractivity contribution in [1.29, 1.82) is 0 Å². The van der Waals surface area contributed by atoms with Crippen molar-refractivity contribution in [3.63, 3.8) is 0 Å².